The Hall–Kier alpha value is -3.68. The number of rotatable bonds is 9. The zero-order valence-electron chi connectivity index (χ0n) is 21.0. The van der Waals surface area contributed by atoms with Gasteiger partial charge in [-0.25, -0.2) is 9.59 Å². The number of Topliss-reactive ketones (excluding diaryl/α,β-unsaturated/α-hetero) is 1. The molecule has 2 aromatic rings. The molecule has 0 heterocycles. The standard InChI is InChI=1S/C28H34N2O6/c1-28(2,3)36-27(34)30-22(17-21-15-10-16-23(21)31)24(35-26(33)20-13-8-5-9-14-20)25(32)29-18-19-11-6-4-7-12-19/h4-9,11-14,21-22,24H,10,15-18H2,1-3H3,(H,29,32)(H,30,34)/t21-,22-,24?/m0/s1. The summed E-state index contributed by atoms with van der Waals surface area (Å²) in [6.45, 7) is 5.38. The summed E-state index contributed by atoms with van der Waals surface area (Å²) in [6, 6.07) is 16.6. The minimum Gasteiger partial charge on any atom is -0.446 e. The van der Waals surface area contributed by atoms with E-state index in [-0.39, 0.29) is 30.2 Å². The number of nitrogens with one attached hydrogen (secondary N) is 2. The molecule has 36 heavy (non-hydrogen) atoms. The molecular weight excluding hydrogens is 460 g/mol. The van der Waals surface area contributed by atoms with Crippen LogP contribution in [-0.4, -0.2) is 41.5 Å². The van der Waals surface area contributed by atoms with Gasteiger partial charge in [-0.05, 0) is 57.7 Å². The predicted molar refractivity (Wildman–Crippen MR) is 134 cm³/mol. The summed E-state index contributed by atoms with van der Waals surface area (Å²) in [5, 5.41) is 5.51. The fraction of sp³-hybridized carbons (Fsp3) is 0.429. The second kappa shape index (κ2) is 12.3. The molecule has 2 amide bonds. The zero-order chi connectivity index (χ0) is 26.1. The van der Waals surface area contributed by atoms with Crippen molar-refractivity contribution in [1.29, 1.82) is 0 Å². The molecule has 0 spiro atoms. The van der Waals surface area contributed by atoms with Crippen LogP contribution in [0.2, 0.25) is 0 Å². The minimum atomic E-state index is -1.37. The van der Waals surface area contributed by atoms with Gasteiger partial charge in [-0.1, -0.05) is 48.5 Å². The van der Waals surface area contributed by atoms with Gasteiger partial charge in [0.25, 0.3) is 5.91 Å². The third-order valence-corrected chi connectivity index (χ3v) is 5.85. The van der Waals surface area contributed by atoms with Crippen LogP contribution in [-0.2, 0) is 25.6 Å². The van der Waals surface area contributed by atoms with Crippen molar-refractivity contribution in [2.45, 2.75) is 70.7 Å². The highest BCUT2D eigenvalue weighted by atomic mass is 16.6. The van der Waals surface area contributed by atoms with Gasteiger partial charge in [0.2, 0.25) is 6.10 Å². The summed E-state index contributed by atoms with van der Waals surface area (Å²) >= 11 is 0. The number of carbonyl (C=O) groups is 4. The Bertz CT molecular complexity index is 1050. The Labute approximate surface area is 211 Å². The van der Waals surface area contributed by atoms with Gasteiger partial charge in [0.05, 0.1) is 11.6 Å². The fourth-order valence-corrected chi connectivity index (χ4v) is 4.12. The van der Waals surface area contributed by atoms with Crippen molar-refractivity contribution >= 4 is 23.8 Å². The average Bonchev–Trinajstić information content (AvgIpc) is 3.24. The SMILES string of the molecule is CC(C)(C)OC(=O)N[C@@H](C[C@@H]1CCCC1=O)C(OC(=O)c1ccccc1)C(=O)NCc1ccccc1. The summed E-state index contributed by atoms with van der Waals surface area (Å²) in [5.41, 5.74) is 0.358. The molecule has 3 rings (SSSR count). The fourth-order valence-electron chi connectivity index (χ4n) is 4.12. The van der Waals surface area contributed by atoms with Crippen LogP contribution in [0.1, 0.15) is 62.4 Å². The monoisotopic (exact) mass is 494 g/mol. The van der Waals surface area contributed by atoms with Gasteiger partial charge < -0.3 is 20.1 Å². The Morgan fingerprint density at radius 3 is 2.22 bits per heavy atom. The van der Waals surface area contributed by atoms with E-state index in [1.54, 1.807) is 51.1 Å². The Morgan fingerprint density at radius 2 is 1.64 bits per heavy atom. The quantitative estimate of drug-likeness (QED) is 0.506. The molecule has 1 aliphatic rings. The highest BCUT2D eigenvalue weighted by molar-refractivity contribution is 5.93. The number of esters is 1. The Balaban J connectivity index is 1.86. The maximum absolute atomic E-state index is 13.4. The lowest BCUT2D eigenvalue weighted by Crippen LogP contribution is -2.54. The summed E-state index contributed by atoms with van der Waals surface area (Å²) < 4.78 is 11.1. The van der Waals surface area contributed by atoms with Crippen LogP contribution < -0.4 is 10.6 Å². The molecule has 0 aliphatic heterocycles. The van der Waals surface area contributed by atoms with E-state index in [2.05, 4.69) is 10.6 Å². The molecule has 0 aromatic heterocycles. The van der Waals surface area contributed by atoms with Gasteiger partial charge in [-0.3, -0.25) is 9.59 Å². The van der Waals surface area contributed by atoms with E-state index in [9.17, 15) is 19.2 Å². The van der Waals surface area contributed by atoms with Gasteiger partial charge in [0.15, 0.2) is 0 Å². The molecule has 3 atom stereocenters. The Kier molecular flexibility index (Phi) is 9.22. The van der Waals surface area contributed by atoms with Crippen LogP contribution in [0.25, 0.3) is 0 Å². The van der Waals surface area contributed by atoms with E-state index in [0.29, 0.717) is 12.8 Å². The summed E-state index contributed by atoms with van der Waals surface area (Å²) in [7, 11) is 0. The first kappa shape index (κ1) is 26.9. The first-order chi connectivity index (χ1) is 17.1. The van der Waals surface area contributed by atoms with Gasteiger partial charge >= 0.3 is 12.1 Å². The second-order valence-electron chi connectivity index (χ2n) is 9.94. The van der Waals surface area contributed by atoms with E-state index < -0.39 is 35.7 Å². The third kappa shape index (κ3) is 8.22. The van der Waals surface area contributed by atoms with E-state index in [0.717, 1.165) is 12.0 Å². The average molecular weight is 495 g/mol. The highest BCUT2D eigenvalue weighted by Gasteiger charge is 2.38. The lowest BCUT2D eigenvalue weighted by Gasteiger charge is -2.30. The largest absolute Gasteiger partial charge is 0.446 e. The number of benzene rings is 2. The van der Waals surface area contributed by atoms with Crippen molar-refractivity contribution in [3.05, 3.63) is 71.8 Å². The molecular formula is C28H34N2O6. The molecule has 2 aromatic carbocycles. The molecule has 1 aliphatic carbocycles. The van der Waals surface area contributed by atoms with Gasteiger partial charge in [0.1, 0.15) is 11.4 Å². The van der Waals surface area contributed by atoms with Crippen LogP contribution in [0.4, 0.5) is 4.79 Å². The van der Waals surface area contributed by atoms with Crippen LogP contribution in [0, 0.1) is 5.92 Å². The molecule has 1 fully saturated rings. The lowest BCUT2D eigenvalue weighted by atomic mass is 9.93. The highest BCUT2D eigenvalue weighted by Crippen LogP contribution is 2.27. The normalized spacial score (nSPS) is 17.1. The van der Waals surface area contributed by atoms with E-state index in [1.165, 1.54) is 0 Å². The van der Waals surface area contributed by atoms with Crippen LogP contribution >= 0.6 is 0 Å². The number of amides is 2. The summed E-state index contributed by atoms with van der Waals surface area (Å²) in [6.07, 6.45) is -0.118. The van der Waals surface area contributed by atoms with Crippen LogP contribution in [0.3, 0.4) is 0 Å². The van der Waals surface area contributed by atoms with Gasteiger partial charge in [-0.15, -0.1) is 0 Å². The minimum absolute atomic E-state index is 0.0730. The number of hydrogen-bond donors (Lipinski definition) is 2. The second-order valence-corrected chi connectivity index (χ2v) is 9.94. The smallest absolute Gasteiger partial charge is 0.408 e. The molecule has 2 N–H and O–H groups in total. The molecule has 8 heteroatoms. The van der Waals surface area contributed by atoms with Gasteiger partial charge in [0, 0.05) is 18.9 Å². The number of alkyl carbamates (subject to hydrolysis) is 1. The summed E-state index contributed by atoms with van der Waals surface area (Å²) in [4.78, 5) is 51.4. The zero-order valence-corrected chi connectivity index (χ0v) is 21.0. The molecule has 1 saturated carbocycles. The molecule has 8 nitrogen and oxygen atoms in total. The van der Waals surface area contributed by atoms with Crippen molar-refractivity contribution in [3.8, 4) is 0 Å². The van der Waals surface area contributed by atoms with Crippen molar-refractivity contribution in [2.24, 2.45) is 5.92 Å². The van der Waals surface area contributed by atoms with Crippen molar-refractivity contribution < 1.29 is 28.7 Å². The van der Waals surface area contributed by atoms with E-state index >= 15 is 0 Å². The van der Waals surface area contributed by atoms with Crippen molar-refractivity contribution in [1.82, 2.24) is 10.6 Å². The molecule has 1 unspecified atom stereocenters. The first-order valence-electron chi connectivity index (χ1n) is 12.2. The first-order valence-corrected chi connectivity index (χ1v) is 12.2. The number of ether oxygens (including phenoxy) is 2. The number of hydrogen-bond acceptors (Lipinski definition) is 6. The molecule has 0 bridgehead atoms. The summed E-state index contributed by atoms with van der Waals surface area (Å²) in [5.74, 6) is -1.55. The maximum Gasteiger partial charge on any atom is 0.408 e. The van der Waals surface area contributed by atoms with Gasteiger partial charge in [-0.2, -0.15) is 0 Å². The lowest BCUT2D eigenvalue weighted by molar-refractivity contribution is -0.132. The van der Waals surface area contributed by atoms with Crippen molar-refractivity contribution in [2.75, 3.05) is 0 Å². The third-order valence-electron chi connectivity index (χ3n) is 5.85. The van der Waals surface area contributed by atoms with Crippen LogP contribution in [0.15, 0.2) is 60.7 Å². The van der Waals surface area contributed by atoms with Crippen LogP contribution in [0.5, 0.6) is 0 Å². The molecule has 0 saturated heterocycles. The maximum atomic E-state index is 13.4. The number of ketones is 1. The predicted octanol–water partition coefficient (Wildman–Crippen LogP) is 4.18. The number of carbonyl (C=O) groups excluding carboxylic acids is 4. The molecule has 192 valence electrons. The van der Waals surface area contributed by atoms with Crippen molar-refractivity contribution in [3.63, 3.8) is 0 Å². The Morgan fingerprint density at radius 1 is 1.00 bits per heavy atom. The van der Waals surface area contributed by atoms with E-state index in [1.807, 2.05) is 30.3 Å². The molecule has 0 radical (unpaired) electrons. The topological polar surface area (TPSA) is 111 Å². The van der Waals surface area contributed by atoms with E-state index in [4.69, 9.17) is 9.47 Å².